The van der Waals surface area contributed by atoms with E-state index in [0.29, 0.717) is 0 Å². The first kappa shape index (κ1) is 24.4. The molecule has 2 N–H and O–H groups in total. The monoisotopic (exact) mass is 513 g/mol. The van der Waals surface area contributed by atoms with Crippen LogP contribution in [0.5, 0.6) is 0 Å². The zero-order valence-corrected chi connectivity index (χ0v) is 20.5. The molecule has 0 aromatic heterocycles. The standard InChI is InChI=1S/C23H39N5.HI/c1-2-24-23(25-13-3-4-14-27-15-5-6-16-27)26-19-21-9-11-22(12-10-21)20-28-17-7-8-18-28;/h9-12H,2-8,13-20H2,1H3,(H2,24,25,26);1H. The first-order chi connectivity index (χ1) is 13.8. The third-order valence-electron chi connectivity index (χ3n) is 5.78. The average molecular weight is 514 g/mol. The summed E-state index contributed by atoms with van der Waals surface area (Å²) in [5, 5.41) is 6.86. The normalized spacial score (nSPS) is 18.0. The fourth-order valence-corrected chi connectivity index (χ4v) is 4.13. The Morgan fingerprint density at radius 2 is 1.48 bits per heavy atom. The molecule has 0 bridgehead atoms. The van der Waals surface area contributed by atoms with Gasteiger partial charge in [0.2, 0.25) is 0 Å². The van der Waals surface area contributed by atoms with Gasteiger partial charge >= 0.3 is 0 Å². The highest BCUT2D eigenvalue weighted by molar-refractivity contribution is 14.0. The van der Waals surface area contributed by atoms with E-state index in [1.165, 1.54) is 82.4 Å². The Labute approximate surface area is 194 Å². The Balaban J connectivity index is 0.00000300. The largest absolute Gasteiger partial charge is 0.357 e. The van der Waals surface area contributed by atoms with Crippen LogP contribution < -0.4 is 10.6 Å². The molecule has 0 aliphatic carbocycles. The van der Waals surface area contributed by atoms with Gasteiger partial charge in [0.05, 0.1) is 6.54 Å². The van der Waals surface area contributed by atoms with Gasteiger partial charge in [-0.1, -0.05) is 24.3 Å². The third-order valence-corrected chi connectivity index (χ3v) is 5.78. The maximum absolute atomic E-state index is 4.77. The van der Waals surface area contributed by atoms with Crippen LogP contribution in [0.4, 0.5) is 0 Å². The Morgan fingerprint density at radius 3 is 2.14 bits per heavy atom. The van der Waals surface area contributed by atoms with Crippen LogP contribution in [0.15, 0.2) is 29.3 Å². The van der Waals surface area contributed by atoms with Gasteiger partial charge in [0.1, 0.15) is 0 Å². The van der Waals surface area contributed by atoms with E-state index in [-0.39, 0.29) is 24.0 Å². The Hall–Kier alpha value is -0.860. The highest BCUT2D eigenvalue weighted by Crippen LogP contribution is 2.13. The molecule has 0 unspecified atom stereocenters. The van der Waals surface area contributed by atoms with Crippen LogP contribution in [-0.2, 0) is 13.1 Å². The molecule has 0 saturated carbocycles. The van der Waals surface area contributed by atoms with Crippen molar-refractivity contribution >= 4 is 29.9 Å². The van der Waals surface area contributed by atoms with Gasteiger partial charge in [0, 0.05) is 19.6 Å². The molecule has 6 heteroatoms. The SMILES string of the molecule is CCNC(=NCc1ccc(CN2CCCC2)cc1)NCCCCN1CCCC1.I. The van der Waals surface area contributed by atoms with Gasteiger partial charge in [0.25, 0.3) is 0 Å². The van der Waals surface area contributed by atoms with E-state index in [0.717, 1.165) is 32.1 Å². The molecule has 0 amide bonds. The average Bonchev–Trinajstić information content (AvgIpc) is 3.41. The molecule has 0 radical (unpaired) electrons. The lowest BCUT2D eigenvalue weighted by molar-refractivity contribution is 0.330. The summed E-state index contributed by atoms with van der Waals surface area (Å²) < 4.78 is 0. The number of benzene rings is 1. The fraction of sp³-hybridized carbons (Fsp3) is 0.696. The molecule has 164 valence electrons. The van der Waals surface area contributed by atoms with E-state index < -0.39 is 0 Å². The first-order valence-electron chi connectivity index (χ1n) is 11.4. The Kier molecular flexibility index (Phi) is 12.0. The van der Waals surface area contributed by atoms with Crippen molar-refractivity contribution in [1.82, 2.24) is 20.4 Å². The summed E-state index contributed by atoms with van der Waals surface area (Å²) in [7, 11) is 0. The maximum Gasteiger partial charge on any atom is 0.191 e. The van der Waals surface area contributed by atoms with E-state index >= 15 is 0 Å². The predicted octanol–water partition coefficient (Wildman–Crippen LogP) is 3.83. The minimum absolute atomic E-state index is 0. The van der Waals surface area contributed by atoms with Crippen molar-refractivity contribution in [2.24, 2.45) is 4.99 Å². The summed E-state index contributed by atoms with van der Waals surface area (Å²) in [6, 6.07) is 8.99. The van der Waals surface area contributed by atoms with Crippen LogP contribution in [0, 0.1) is 0 Å². The fourth-order valence-electron chi connectivity index (χ4n) is 4.13. The first-order valence-corrected chi connectivity index (χ1v) is 11.4. The Morgan fingerprint density at radius 1 is 0.862 bits per heavy atom. The molecule has 2 aliphatic heterocycles. The van der Waals surface area contributed by atoms with Crippen molar-refractivity contribution in [1.29, 1.82) is 0 Å². The number of aliphatic imine (C=N–C) groups is 1. The number of nitrogens with one attached hydrogen (secondary N) is 2. The van der Waals surface area contributed by atoms with Crippen molar-refractivity contribution in [3.05, 3.63) is 35.4 Å². The number of guanidine groups is 1. The number of hydrogen-bond acceptors (Lipinski definition) is 3. The molecule has 3 rings (SSSR count). The second kappa shape index (κ2) is 14.2. The van der Waals surface area contributed by atoms with Crippen molar-refractivity contribution in [3.63, 3.8) is 0 Å². The lowest BCUT2D eigenvalue weighted by Crippen LogP contribution is -2.38. The zero-order chi connectivity index (χ0) is 19.4. The van der Waals surface area contributed by atoms with Crippen LogP contribution in [0.25, 0.3) is 0 Å². The lowest BCUT2D eigenvalue weighted by Gasteiger charge is -2.15. The van der Waals surface area contributed by atoms with E-state index in [1.54, 1.807) is 0 Å². The molecule has 1 aromatic carbocycles. The number of rotatable bonds is 10. The minimum Gasteiger partial charge on any atom is -0.357 e. The van der Waals surface area contributed by atoms with Gasteiger partial charge in [-0.3, -0.25) is 4.90 Å². The molecule has 0 spiro atoms. The Bertz CT molecular complexity index is 577. The van der Waals surface area contributed by atoms with Crippen LogP contribution in [-0.4, -0.2) is 61.6 Å². The summed E-state index contributed by atoms with van der Waals surface area (Å²) >= 11 is 0. The molecule has 2 aliphatic rings. The van der Waals surface area contributed by atoms with Crippen molar-refractivity contribution in [2.45, 2.75) is 58.5 Å². The van der Waals surface area contributed by atoms with Gasteiger partial charge < -0.3 is 15.5 Å². The second-order valence-electron chi connectivity index (χ2n) is 8.18. The van der Waals surface area contributed by atoms with Gasteiger partial charge in [-0.2, -0.15) is 0 Å². The summed E-state index contributed by atoms with van der Waals surface area (Å²) in [4.78, 5) is 9.90. The van der Waals surface area contributed by atoms with E-state index in [4.69, 9.17) is 4.99 Å². The number of likely N-dealkylation sites (tertiary alicyclic amines) is 2. The molecular weight excluding hydrogens is 473 g/mol. The molecule has 2 saturated heterocycles. The van der Waals surface area contributed by atoms with E-state index in [1.807, 2.05) is 0 Å². The minimum atomic E-state index is 0. The number of nitrogens with zero attached hydrogens (tertiary/aromatic N) is 3. The molecular formula is C23H40IN5. The summed E-state index contributed by atoms with van der Waals surface area (Å²) in [5.74, 6) is 0.935. The number of halogens is 1. The molecule has 2 heterocycles. The predicted molar refractivity (Wildman–Crippen MR) is 134 cm³/mol. The molecule has 0 atom stereocenters. The molecule has 5 nitrogen and oxygen atoms in total. The highest BCUT2D eigenvalue weighted by atomic mass is 127. The number of hydrogen-bond donors (Lipinski definition) is 2. The van der Waals surface area contributed by atoms with Crippen LogP contribution in [0.3, 0.4) is 0 Å². The van der Waals surface area contributed by atoms with Crippen molar-refractivity contribution in [3.8, 4) is 0 Å². The highest BCUT2D eigenvalue weighted by Gasteiger charge is 2.11. The summed E-state index contributed by atoms with van der Waals surface area (Å²) in [6.07, 6.45) is 7.94. The smallest absolute Gasteiger partial charge is 0.191 e. The van der Waals surface area contributed by atoms with Gasteiger partial charge in [0.15, 0.2) is 5.96 Å². The van der Waals surface area contributed by atoms with Crippen LogP contribution >= 0.6 is 24.0 Å². The maximum atomic E-state index is 4.77. The quantitative estimate of drug-likeness (QED) is 0.216. The van der Waals surface area contributed by atoms with Crippen molar-refractivity contribution in [2.75, 3.05) is 45.8 Å². The molecule has 2 fully saturated rings. The lowest BCUT2D eigenvalue weighted by atomic mass is 10.1. The van der Waals surface area contributed by atoms with Crippen molar-refractivity contribution < 1.29 is 0 Å². The summed E-state index contributed by atoms with van der Waals surface area (Å²) in [6.45, 7) is 12.2. The van der Waals surface area contributed by atoms with Crippen LogP contribution in [0.2, 0.25) is 0 Å². The molecule has 29 heavy (non-hydrogen) atoms. The third kappa shape index (κ3) is 9.22. The zero-order valence-electron chi connectivity index (χ0n) is 18.2. The van der Waals surface area contributed by atoms with Crippen LogP contribution in [0.1, 0.15) is 56.6 Å². The summed E-state index contributed by atoms with van der Waals surface area (Å²) in [5.41, 5.74) is 2.69. The second-order valence-corrected chi connectivity index (χ2v) is 8.18. The van der Waals surface area contributed by atoms with Gasteiger partial charge in [-0.15, -0.1) is 24.0 Å². The van der Waals surface area contributed by atoms with E-state index in [2.05, 4.69) is 51.6 Å². The van der Waals surface area contributed by atoms with Gasteiger partial charge in [-0.25, -0.2) is 4.99 Å². The van der Waals surface area contributed by atoms with Gasteiger partial charge in [-0.05, 0) is 89.3 Å². The van der Waals surface area contributed by atoms with E-state index in [9.17, 15) is 0 Å². The molecule has 1 aromatic rings. The topological polar surface area (TPSA) is 42.9 Å². The number of unbranched alkanes of at least 4 members (excludes halogenated alkanes) is 1.